The molecule has 1 aromatic carbocycles. The van der Waals surface area contributed by atoms with Gasteiger partial charge in [-0.1, -0.05) is 17.7 Å². The normalized spacial score (nSPS) is 14.5. The Balaban J connectivity index is 1.65. The van der Waals surface area contributed by atoms with Crippen molar-refractivity contribution in [2.45, 2.75) is 32.0 Å². The van der Waals surface area contributed by atoms with Crippen LogP contribution >= 0.6 is 22.9 Å². The summed E-state index contributed by atoms with van der Waals surface area (Å²) in [6.07, 6.45) is 2.61. The molecule has 106 valence electrons. The number of benzene rings is 1. The predicted octanol–water partition coefficient (Wildman–Crippen LogP) is 4.29. The summed E-state index contributed by atoms with van der Waals surface area (Å²) in [5, 5.41) is 8.66. The van der Waals surface area contributed by atoms with Gasteiger partial charge in [0.2, 0.25) is 0 Å². The van der Waals surface area contributed by atoms with E-state index in [1.165, 1.54) is 24.0 Å². The van der Waals surface area contributed by atoms with Crippen molar-refractivity contribution in [3.8, 4) is 0 Å². The molecule has 0 unspecified atom stereocenters. The number of halogens is 1. The molecule has 0 aliphatic heterocycles. The fraction of sp³-hybridized carbons (Fsp3) is 0.375. The summed E-state index contributed by atoms with van der Waals surface area (Å²) in [5.74, 6) is 0. The Morgan fingerprint density at radius 3 is 2.85 bits per heavy atom. The molecule has 0 saturated heterocycles. The van der Waals surface area contributed by atoms with Crippen molar-refractivity contribution in [1.82, 2.24) is 5.32 Å². The van der Waals surface area contributed by atoms with Gasteiger partial charge in [0.15, 0.2) is 0 Å². The zero-order valence-electron chi connectivity index (χ0n) is 11.6. The Morgan fingerprint density at radius 1 is 1.35 bits per heavy atom. The molecular formula is C16H19ClN2S. The molecule has 2 nitrogen and oxygen atoms in total. The van der Waals surface area contributed by atoms with Gasteiger partial charge >= 0.3 is 0 Å². The number of rotatable bonds is 6. The summed E-state index contributed by atoms with van der Waals surface area (Å²) < 4.78 is 0. The minimum absolute atomic E-state index is 0.715. The maximum Gasteiger partial charge on any atom is 0.0471 e. The minimum Gasteiger partial charge on any atom is -0.370 e. The fourth-order valence-corrected chi connectivity index (χ4v) is 3.11. The van der Waals surface area contributed by atoms with Crippen molar-refractivity contribution in [2.24, 2.45) is 0 Å². The van der Waals surface area contributed by atoms with Crippen LogP contribution in [0.5, 0.6) is 0 Å². The lowest BCUT2D eigenvalue weighted by Crippen LogP contribution is -2.17. The van der Waals surface area contributed by atoms with E-state index in [2.05, 4.69) is 52.3 Å². The van der Waals surface area contributed by atoms with E-state index in [4.69, 9.17) is 11.6 Å². The molecule has 2 aromatic rings. The lowest BCUT2D eigenvalue weighted by atomic mass is 10.2. The predicted molar refractivity (Wildman–Crippen MR) is 87.7 cm³/mol. The quantitative estimate of drug-likeness (QED) is 0.856. The van der Waals surface area contributed by atoms with Crippen LogP contribution in [-0.4, -0.2) is 13.1 Å². The number of nitrogens with one attached hydrogen (secondary N) is 1. The Labute approximate surface area is 129 Å². The first-order valence-electron chi connectivity index (χ1n) is 6.96. The van der Waals surface area contributed by atoms with E-state index < -0.39 is 0 Å². The summed E-state index contributed by atoms with van der Waals surface area (Å²) in [7, 11) is 2.10. The molecule has 0 radical (unpaired) electrons. The minimum atomic E-state index is 0.715. The van der Waals surface area contributed by atoms with Crippen molar-refractivity contribution in [1.29, 1.82) is 0 Å². The molecule has 1 aliphatic carbocycles. The monoisotopic (exact) mass is 306 g/mol. The van der Waals surface area contributed by atoms with Gasteiger partial charge < -0.3 is 10.2 Å². The SMILES string of the molecule is CN(Cc1ccsc1)c1ccc(CNC2CC2)c(Cl)c1. The Kier molecular flexibility index (Phi) is 4.29. The summed E-state index contributed by atoms with van der Waals surface area (Å²) in [6, 6.07) is 9.24. The van der Waals surface area contributed by atoms with E-state index in [0.29, 0.717) is 6.04 Å². The third-order valence-electron chi connectivity index (χ3n) is 3.64. The van der Waals surface area contributed by atoms with Crippen LogP contribution in [0.1, 0.15) is 24.0 Å². The molecule has 1 aliphatic rings. The van der Waals surface area contributed by atoms with Gasteiger partial charge in [0.25, 0.3) is 0 Å². The molecule has 1 aromatic heterocycles. The highest BCUT2D eigenvalue weighted by Crippen LogP contribution is 2.26. The second-order valence-electron chi connectivity index (χ2n) is 5.42. The van der Waals surface area contributed by atoms with Crippen molar-refractivity contribution in [2.75, 3.05) is 11.9 Å². The van der Waals surface area contributed by atoms with Crippen molar-refractivity contribution < 1.29 is 0 Å². The standard InChI is InChI=1S/C16H19ClN2S/c1-19(10-12-6-7-20-11-12)15-5-2-13(16(17)8-15)9-18-14-3-4-14/h2,5-8,11,14,18H,3-4,9-10H2,1H3. The first-order chi connectivity index (χ1) is 9.72. The molecule has 4 heteroatoms. The highest BCUT2D eigenvalue weighted by atomic mass is 35.5. The third kappa shape index (κ3) is 3.54. The largest absolute Gasteiger partial charge is 0.370 e. The Bertz CT molecular complexity index is 564. The van der Waals surface area contributed by atoms with Crippen LogP contribution < -0.4 is 10.2 Å². The van der Waals surface area contributed by atoms with Crippen molar-refractivity contribution >= 4 is 28.6 Å². The first kappa shape index (κ1) is 13.9. The maximum atomic E-state index is 6.39. The van der Waals surface area contributed by atoms with E-state index in [0.717, 1.165) is 23.8 Å². The summed E-state index contributed by atoms with van der Waals surface area (Å²) >= 11 is 8.13. The summed E-state index contributed by atoms with van der Waals surface area (Å²) in [4.78, 5) is 2.23. The van der Waals surface area contributed by atoms with E-state index in [-0.39, 0.29) is 0 Å². The summed E-state index contributed by atoms with van der Waals surface area (Å²) in [6.45, 7) is 1.79. The zero-order valence-corrected chi connectivity index (χ0v) is 13.2. The molecule has 1 saturated carbocycles. The van der Waals surface area contributed by atoms with Crippen LogP contribution in [0.15, 0.2) is 35.0 Å². The Morgan fingerprint density at radius 2 is 2.20 bits per heavy atom. The second kappa shape index (κ2) is 6.17. The van der Waals surface area contributed by atoms with E-state index in [1.54, 1.807) is 11.3 Å². The zero-order chi connectivity index (χ0) is 13.9. The number of thiophene rings is 1. The van der Waals surface area contributed by atoms with Gasteiger partial charge in [-0.15, -0.1) is 0 Å². The van der Waals surface area contributed by atoms with Gasteiger partial charge in [0.1, 0.15) is 0 Å². The molecule has 1 heterocycles. The molecule has 0 atom stereocenters. The molecule has 0 bridgehead atoms. The highest BCUT2D eigenvalue weighted by molar-refractivity contribution is 7.07. The lowest BCUT2D eigenvalue weighted by molar-refractivity contribution is 0.688. The van der Waals surface area contributed by atoms with Gasteiger partial charge in [-0.05, 0) is 52.9 Å². The van der Waals surface area contributed by atoms with Gasteiger partial charge in [0, 0.05) is 36.9 Å². The average Bonchev–Trinajstić information content (AvgIpc) is 3.13. The van der Waals surface area contributed by atoms with Gasteiger partial charge in [-0.3, -0.25) is 0 Å². The van der Waals surface area contributed by atoms with Crippen LogP contribution in [0.3, 0.4) is 0 Å². The smallest absolute Gasteiger partial charge is 0.0471 e. The molecule has 3 rings (SSSR count). The van der Waals surface area contributed by atoms with E-state index >= 15 is 0 Å². The van der Waals surface area contributed by atoms with E-state index in [1.807, 2.05) is 0 Å². The number of hydrogen-bond donors (Lipinski definition) is 1. The average molecular weight is 307 g/mol. The molecule has 1 fully saturated rings. The van der Waals surface area contributed by atoms with Gasteiger partial charge in [-0.2, -0.15) is 11.3 Å². The third-order valence-corrected chi connectivity index (χ3v) is 4.72. The number of hydrogen-bond acceptors (Lipinski definition) is 3. The first-order valence-corrected chi connectivity index (χ1v) is 8.28. The highest BCUT2D eigenvalue weighted by Gasteiger charge is 2.20. The summed E-state index contributed by atoms with van der Waals surface area (Å²) in [5.41, 5.74) is 3.69. The van der Waals surface area contributed by atoms with Crippen LogP contribution in [0.2, 0.25) is 5.02 Å². The molecule has 0 amide bonds. The molecular weight excluding hydrogens is 288 g/mol. The van der Waals surface area contributed by atoms with Crippen LogP contribution in [-0.2, 0) is 13.1 Å². The van der Waals surface area contributed by atoms with Crippen molar-refractivity contribution in [3.63, 3.8) is 0 Å². The van der Waals surface area contributed by atoms with Gasteiger partial charge in [0.05, 0.1) is 0 Å². The topological polar surface area (TPSA) is 15.3 Å². The molecule has 20 heavy (non-hydrogen) atoms. The Hall–Kier alpha value is -1.03. The maximum absolute atomic E-state index is 6.39. The number of nitrogens with zero attached hydrogens (tertiary/aromatic N) is 1. The van der Waals surface area contributed by atoms with Crippen molar-refractivity contribution in [3.05, 3.63) is 51.2 Å². The van der Waals surface area contributed by atoms with E-state index in [9.17, 15) is 0 Å². The van der Waals surface area contributed by atoms with Crippen LogP contribution in [0.25, 0.3) is 0 Å². The van der Waals surface area contributed by atoms with Gasteiger partial charge in [-0.25, -0.2) is 0 Å². The fourth-order valence-electron chi connectivity index (χ4n) is 2.21. The lowest BCUT2D eigenvalue weighted by Gasteiger charge is -2.20. The second-order valence-corrected chi connectivity index (χ2v) is 6.61. The number of anilines is 1. The molecule has 0 spiro atoms. The van der Waals surface area contributed by atoms with Crippen LogP contribution in [0, 0.1) is 0 Å². The molecule has 1 N–H and O–H groups in total. The van der Waals surface area contributed by atoms with Crippen LogP contribution in [0.4, 0.5) is 5.69 Å².